The monoisotopic (exact) mass is 776 g/mol. The maximum absolute atomic E-state index is 14.7. The molecule has 1 aliphatic heterocycles. The molecule has 0 spiro atoms. The summed E-state index contributed by atoms with van der Waals surface area (Å²) in [6, 6.07) is 16.8. The topological polar surface area (TPSA) is 153 Å². The van der Waals surface area contributed by atoms with Crippen LogP contribution in [0.4, 0.5) is 10.2 Å². The number of halogens is 1. The Morgan fingerprint density at radius 3 is 2.31 bits per heavy atom. The van der Waals surface area contributed by atoms with Crippen molar-refractivity contribution in [2.45, 2.75) is 121 Å². The number of rotatable bonds is 24. The van der Waals surface area contributed by atoms with Gasteiger partial charge in [0.1, 0.15) is 18.0 Å². The fourth-order valence-corrected chi connectivity index (χ4v) is 8.18. The minimum Gasteiger partial charge on any atom is -0.465 e. The van der Waals surface area contributed by atoms with E-state index in [-0.39, 0.29) is 48.8 Å². The fraction of sp³-hybridized carbons (Fsp3) is 0.512. The van der Waals surface area contributed by atoms with Gasteiger partial charge >= 0.3 is 19.8 Å². The van der Waals surface area contributed by atoms with Crippen molar-refractivity contribution in [3.05, 3.63) is 78.6 Å². The van der Waals surface area contributed by atoms with Crippen LogP contribution in [-0.4, -0.2) is 50.3 Å². The van der Waals surface area contributed by atoms with Crippen molar-refractivity contribution in [2.24, 2.45) is 0 Å². The summed E-state index contributed by atoms with van der Waals surface area (Å²) in [5, 5.41) is 2.89. The number of anilines is 1. The van der Waals surface area contributed by atoms with Crippen molar-refractivity contribution in [2.75, 3.05) is 18.9 Å². The van der Waals surface area contributed by atoms with Gasteiger partial charge in [-0.3, -0.25) is 13.9 Å². The largest absolute Gasteiger partial charge is 0.465 e. The molecule has 3 N–H and O–H groups in total. The van der Waals surface area contributed by atoms with E-state index in [1.807, 2.05) is 30.3 Å². The highest BCUT2D eigenvalue weighted by atomic mass is 31.2. The van der Waals surface area contributed by atoms with Gasteiger partial charge in [0.25, 0.3) is 0 Å². The Bertz CT molecular complexity index is 1880. The molecule has 0 unspecified atom stereocenters. The summed E-state index contributed by atoms with van der Waals surface area (Å²) in [5.41, 5.74) is 5.68. The molecular weight excluding hydrogens is 722 g/mol. The molecule has 55 heavy (non-hydrogen) atoms. The van der Waals surface area contributed by atoms with Gasteiger partial charge in [-0.2, -0.15) is 19.4 Å². The second kappa shape index (κ2) is 21.1. The molecule has 14 heteroatoms. The third kappa shape index (κ3) is 12.6. The SMILES string of the molecule is C#C[C@@]1(CO[P@](=O)(N[C@@H](Cc2ccccc2)C(=O)OCCCCCCCCCCCCCC)Oc2ccccc2)CC[C@H](n2cnc3c(N)nc(F)nc32)O1. The third-order valence-electron chi connectivity index (χ3n) is 9.71. The number of esters is 1. The van der Waals surface area contributed by atoms with Crippen LogP contribution < -0.4 is 15.3 Å². The number of terminal acetylenes is 1. The normalized spacial score (nSPS) is 18.5. The van der Waals surface area contributed by atoms with E-state index < -0.39 is 37.7 Å². The Hall–Kier alpha value is -4.34. The first-order valence-electron chi connectivity index (χ1n) is 19.5. The number of imidazole rings is 1. The zero-order valence-electron chi connectivity index (χ0n) is 31.7. The Labute approximate surface area is 323 Å². The number of ether oxygens (including phenoxy) is 2. The zero-order chi connectivity index (χ0) is 38.9. The van der Waals surface area contributed by atoms with E-state index in [4.69, 9.17) is 30.7 Å². The molecule has 0 bridgehead atoms. The number of unbranched alkanes of at least 4 members (excludes halogenated alkanes) is 11. The molecule has 2 aromatic heterocycles. The van der Waals surface area contributed by atoms with Crippen LogP contribution in [-0.2, 0) is 29.8 Å². The molecule has 2 aromatic carbocycles. The molecule has 4 aromatic rings. The minimum atomic E-state index is -4.33. The second-order valence-electron chi connectivity index (χ2n) is 14.1. The maximum atomic E-state index is 14.7. The highest BCUT2D eigenvalue weighted by Gasteiger charge is 2.44. The van der Waals surface area contributed by atoms with E-state index in [1.165, 1.54) is 68.7 Å². The van der Waals surface area contributed by atoms with Gasteiger partial charge in [-0.25, -0.2) is 9.55 Å². The number of hydrogen-bond acceptors (Lipinski definition) is 10. The number of benzene rings is 2. The Balaban J connectivity index is 1.22. The van der Waals surface area contributed by atoms with Crippen LogP contribution in [0.15, 0.2) is 67.0 Å². The number of para-hydroxylation sites is 1. The summed E-state index contributed by atoms with van der Waals surface area (Å²) in [5.74, 6) is 2.23. The van der Waals surface area contributed by atoms with Gasteiger partial charge in [-0.05, 0) is 43.4 Å². The number of hydrogen-bond donors (Lipinski definition) is 2. The van der Waals surface area contributed by atoms with Gasteiger partial charge in [0.2, 0.25) is 0 Å². The van der Waals surface area contributed by atoms with Crippen molar-refractivity contribution in [1.82, 2.24) is 24.6 Å². The van der Waals surface area contributed by atoms with E-state index in [0.717, 1.165) is 24.8 Å². The lowest BCUT2D eigenvalue weighted by molar-refractivity contribution is -0.146. The Morgan fingerprint density at radius 2 is 1.65 bits per heavy atom. The first-order chi connectivity index (χ1) is 26.7. The smallest absolute Gasteiger partial charge is 0.459 e. The van der Waals surface area contributed by atoms with Crippen molar-refractivity contribution in [3.8, 4) is 18.1 Å². The Kier molecular flexibility index (Phi) is 16.0. The van der Waals surface area contributed by atoms with Crippen LogP contribution in [0.25, 0.3) is 11.2 Å². The van der Waals surface area contributed by atoms with Crippen LogP contribution in [0.2, 0.25) is 0 Å². The summed E-state index contributed by atoms with van der Waals surface area (Å²) in [6.45, 7) is 2.12. The molecule has 0 amide bonds. The lowest BCUT2D eigenvalue weighted by Crippen LogP contribution is -2.41. The predicted molar refractivity (Wildman–Crippen MR) is 210 cm³/mol. The van der Waals surface area contributed by atoms with Crippen molar-refractivity contribution >= 4 is 30.7 Å². The molecule has 12 nitrogen and oxygen atoms in total. The average molecular weight is 777 g/mol. The van der Waals surface area contributed by atoms with E-state index in [2.05, 4.69) is 32.9 Å². The molecule has 0 saturated carbocycles. The molecule has 1 saturated heterocycles. The van der Waals surface area contributed by atoms with Gasteiger partial charge in [-0.1, -0.05) is 132 Å². The zero-order valence-corrected chi connectivity index (χ0v) is 32.6. The number of nitrogen functional groups attached to an aromatic ring is 1. The van der Waals surface area contributed by atoms with Gasteiger partial charge in [0.05, 0.1) is 19.5 Å². The number of carbonyl (C=O) groups is 1. The lowest BCUT2D eigenvalue weighted by Gasteiger charge is -2.29. The number of carbonyl (C=O) groups excluding carboxylic acids is 1. The van der Waals surface area contributed by atoms with Crippen LogP contribution in [0.5, 0.6) is 5.75 Å². The van der Waals surface area contributed by atoms with Crippen LogP contribution in [0.1, 0.15) is 109 Å². The molecule has 1 aliphatic rings. The van der Waals surface area contributed by atoms with E-state index in [0.29, 0.717) is 6.42 Å². The van der Waals surface area contributed by atoms with Gasteiger partial charge in [0, 0.05) is 0 Å². The standard InChI is InChI=1S/C41H54FN6O6P/c1-3-5-6-7-8-9-10-11-12-13-14-21-28-51-39(49)34(29-32-22-17-15-18-23-32)47-55(50,54-33-24-19-16-20-25-33)52-30-41(4-2)27-26-35(53-41)48-31-44-36-37(43)45-40(42)46-38(36)48/h2,15-20,22-25,31,34-35H,3,5-14,21,26-30H2,1H3,(H,47,50)(H2,43,45,46)/t34-,35+,41-,55+/m0/s1. The lowest BCUT2D eigenvalue weighted by atomic mass is 10.0. The number of fused-ring (bicyclic) bond motifs is 1. The van der Waals surface area contributed by atoms with Crippen LogP contribution in [0, 0.1) is 18.4 Å². The summed E-state index contributed by atoms with van der Waals surface area (Å²) >= 11 is 0. The number of nitrogens with two attached hydrogens (primary N) is 1. The van der Waals surface area contributed by atoms with Crippen LogP contribution >= 0.6 is 7.75 Å². The molecule has 5 rings (SSSR count). The highest BCUT2D eigenvalue weighted by Crippen LogP contribution is 2.48. The Morgan fingerprint density at radius 1 is 1.02 bits per heavy atom. The summed E-state index contributed by atoms with van der Waals surface area (Å²) in [6.07, 6.45) is 20.9. The number of nitrogens with zero attached hydrogens (tertiary/aromatic N) is 4. The molecule has 1 fully saturated rings. The summed E-state index contributed by atoms with van der Waals surface area (Å²) in [7, 11) is -4.33. The molecule has 0 aliphatic carbocycles. The van der Waals surface area contributed by atoms with E-state index in [9.17, 15) is 13.8 Å². The van der Waals surface area contributed by atoms with Crippen LogP contribution in [0.3, 0.4) is 0 Å². The average Bonchev–Trinajstić information content (AvgIpc) is 3.81. The second-order valence-corrected chi connectivity index (χ2v) is 15.7. The van der Waals surface area contributed by atoms with Crippen molar-refractivity contribution in [3.63, 3.8) is 0 Å². The number of aromatic nitrogens is 4. The highest BCUT2D eigenvalue weighted by molar-refractivity contribution is 7.52. The molecule has 296 valence electrons. The van der Waals surface area contributed by atoms with Crippen molar-refractivity contribution in [1.29, 1.82) is 0 Å². The van der Waals surface area contributed by atoms with E-state index in [1.54, 1.807) is 30.3 Å². The fourth-order valence-electron chi connectivity index (χ4n) is 6.64. The summed E-state index contributed by atoms with van der Waals surface area (Å²) in [4.78, 5) is 25.3. The van der Waals surface area contributed by atoms with E-state index >= 15 is 0 Å². The molecule has 4 atom stereocenters. The van der Waals surface area contributed by atoms with Gasteiger partial charge < -0.3 is 19.7 Å². The molecule has 0 radical (unpaired) electrons. The quantitative estimate of drug-likeness (QED) is 0.0231. The first-order valence-corrected chi connectivity index (χ1v) is 21.1. The maximum Gasteiger partial charge on any atom is 0.459 e. The van der Waals surface area contributed by atoms with Crippen molar-refractivity contribution < 1.29 is 32.3 Å². The summed E-state index contributed by atoms with van der Waals surface area (Å²) < 4.78 is 54.3. The third-order valence-corrected chi connectivity index (χ3v) is 11.3. The predicted octanol–water partition coefficient (Wildman–Crippen LogP) is 8.88. The number of nitrogens with one attached hydrogen (secondary N) is 1. The minimum absolute atomic E-state index is 0.103. The first kappa shape index (κ1) is 41.8. The molecular formula is C41H54FN6O6P. The van der Waals surface area contributed by atoms with Gasteiger partial charge in [-0.15, -0.1) is 6.42 Å². The molecule has 3 heterocycles. The van der Waals surface area contributed by atoms with Gasteiger partial charge in [0.15, 0.2) is 22.6 Å².